The van der Waals surface area contributed by atoms with Gasteiger partial charge in [0, 0.05) is 38.2 Å². The van der Waals surface area contributed by atoms with Gasteiger partial charge in [0.25, 0.3) is 5.91 Å². The predicted octanol–water partition coefficient (Wildman–Crippen LogP) is 1.65. The zero-order chi connectivity index (χ0) is 16.1. The number of hydrogen-bond donors (Lipinski definition) is 1. The van der Waals surface area contributed by atoms with Crippen LogP contribution in [0.1, 0.15) is 42.6 Å². The summed E-state index contributed by atoms with van der Waals surface area (Å²) in [6, 6.07) is 7.41. The van der Waals surface area contributed by atoms with Gasteiger partial charge in [0.05, 0.1) is 6.10 Å². The van der Waals surface area contributed by atoms with Gasteiger partial charge >= 0.3 is 0 Å². The summed E-state index contributed by atoms with van der Waals surface area (Å²) in [5, 5.41) is 9.49. The summed E-state index contributed by atoms with van der Waals surface area (Å²) in [5.74, 6) is 0.0963. The maximum Gasteiger partial charge on any atom is 0.253 e. The van der Waals surface area contributed by atoms with E-state index in [4.69, 9.17) is 0 Å². The van der Waals surface area contributed by atoms with Crippen molar-refractivity contribution in [1.82, 2.24) is 9.80 Å². The number of aliphatic hydroxyl groups is 1. The molecular weight excluding hydrogens is 280 g/mol. The highest BCUT2D eigenvalue weighted by Crippen LogP contribution is 2.16. The van der Waals surface area contributed by atoms with E-state index in [-0.39, 0.29) is 11.8 Å². The van der Waals surface area contributed by atoms with E-state index in [0.29, 0.717) is 31.6 Å². The summed E-state index contributed by atoms with van der Waals surface area (Å²) in [6.45, 7) is 5.80. The first-order valence-corrected chi connectivity index (χ1v) is 7.85. The number of nitrogens with zero attached hydrogens (tertiary/aromatic N) is 2. The molecule has 1 fully saturated rings. The van der Waals surface area contributed by atoms with E-state index in [1.54, 1.807) is 17.9 Å². The van der Waals surface area contributed by atoms with Crippen molar-refractivity contribution >= 4 is 11.8 Å². The Balaban J connectivity index is 2.09. The van der Waals surface area contributed by atoms with Crippen molar-refractivity contribution in [3.05, 3.63) is 35.4 Å². The van der Waals surface area contributed by atoms with Crippen LogP contribution < -0.4 is 0 Å². The van der Waals surface area contributed by atoms with Crippen LogP contribution in [-0.4, -0.2) is 52.5 Å². The lowest BCUT2D eigenvalue weighted by atomic mass is 10.1. The second-order valence-electron chi connectivity index (χ2n) is 5.81. The second-order valence-corrected chi connectivity index (χ2v) is 5.81. The van der Waals surface area contributed by atoms with Crippen molar-refractivity contribution in [2.24, 2.45) is 0 Å². The largest absolute Gasteiger partial charge is 0.392 e. The van der Waals surface area contributed by atoms with Crippen LogP contribution in [0.2, 0.25) is 0 Å². The molecule has 5 nitrogen and oxygen atoms in total. The number of amides is 2. The van der Waals surface area contributed by atoms with Crippen LogP contribution in [0.15, 0.2) is 24.3 Å². The normalized spacial score (nSPS) is 16.0. The zero-order valence-corrected chi connectivity index (χ0v) is 13.3. The Labute approximate surface area is 131 Å². The lowest BCUT2D eigenvalue weighted by Gasteiger charge is -2.23. The molecule has 1 aliphatic rings. The van der Waals surface area contributed by atoms with Gasteiger partial charge in [0.1, 0.15) is 0 Å². The number of benzene rings is 1. The summed E-state index contributed by atoms with van der Waals surface area (Å²) in [7, 11) is 0. The average Bonchev–Trinajstić information content (AvgIpc) is 2.89. The highest BCUT2D eigenvalue weighted by molar-refractivity contribution is 5.94. The van der Waals surface area contributed by atoms with Crippen molar-refractivity contribution in [2.45, 2.75) is 39.3 Å². The summed E-state index contributed by atoms with van der Waals surface area (Å²) in [6.07, 6.45) is 0.987. The molecule has 0 aromatic heterocycles. The number of carbonyl (C=O) groups is 2. The smallest absolute Gasteiger partial charge is 0.253 e. The van der Waals surface area contributed by atoms with Crippen molar-refractivity contribution in [3.63, 3.8) is 0 Å². The lowest BCUT2D eigenvalue weighted by Crippen LogP contribution is -2.36. The van der Waals surface area contributed by atoms with Gasteiger partial charge in [0.2, 0.25) is 5.91 Å². The van der Waals surface area contributed by atoms with E-state index in [9.17, 15) is 14.7 Å². The molecule has 1 aromatic carbocycles. The monoisotopic (exact) mass is 304 g/mol. The summed E-state index contributed by atoms with van der Waals surface area (Å²) in [4.78, 5) is 27.7. The Hall–Kier alpha value is -1.88. The Kier molecular flexibility index (Phi) is 5.55. The average molecular weight is 304 g/mol. The van der Waals surface area contributed by atoms with E-state index >= 15 is 0 Å². The molecule has 1 N–H and O–H groups in total. The number of likely N-dealkylation sites (N-methyl/N-ethyl adjacent to an activating group) is 1. The Morgan fingerprint density at radius 3 is 2.82 bits per heavy atom. The van der Waals surface area contributed by atoms with Crippen molar-refractivity contribution in [2.75, 3.05) is 19.6 Å². The van der Waals surface area contributed by atoms with Gasteiger partial charge in [-0.2, -0.15) is 0 Å². The first kappa shape index (κ1) is 16.5. The van der Waals surface area contributed by atoms with Crippen molar-refractivity contribution < 1.29 is 14.7 Å². The molecule has 0 bridgehead atoms. The second kappa shape index (κ2) is 7.40. The Morgan fingerprint density at radius 2 is 2.23 bits per heavy atom. The molecule has 0 aliphatic carbocycles. The minimum Gasteiger partial charge on any atom is -0.392 e. The molecule has 2 amide bonds. The van der Waals surface area contributed by atoms with Gasteiger partial charge in [0.15, 0.2) is 0 Å². The number of carbonyl (C=O) groups excluding carboxylic acids is 2. The fraction of sp³-hybridized carbons (Fsp3) is 0.529. The van der Waals surface area contributed by atoms with Gasteiger partial charge in [-0.05, 0) is 38.0 Å². The molecule has 0 saturated carbocycles. The van der Waals surface area contributed by atoms with Crippen LogP contribution in [0.5, 0.6) is 0 Å². The van der Waals surface area contributed by atoms with Crippen molar-refractivity contribution in [1.29, 1.82) is 0 Å². The van der Waals surface area contributed by atoms with Gasteiger partial charge in [-0.1, -0.05) is 12.1 Å². The molecule has 1 aliphatic heterocycles. The highest BCUT2D eigenvalue weighted by Gasteiger charge is 2.21. The van der Waals surface area contributed by atoms with Crippen LogP contribution in [0.4, 0.5) is 0 Å². The zero-order valence-electron chi connectivity index (χ0n) is 13.3. The van der Waals surface area contributed by atoms with E-state index in [0.717, 1.165) is 18.5 Å². The van der Waals surface area contributed by atoms with Gasteiger partial charge in [-0.15, -0.1) is 0 Å². The third-order valence-corrected chi connectivity index (χ3v) is 3.87. The summed E-state index contributed by atoms with van der Waals surface area (Å²) in [5.41, 5.74) is 1.57. The molecule has 22 heavy (non-hydrogen) atoms. The minimum atomic E-state index is -0.547. The standard InChI is InChI=1S/C17H24N2O3/c1-3-18(11-13(2)20)17(22)15-7-4-6-14(10-15)12-19-9-5-8-16(19)21/h4,6-7,10,13,20H,3,5,8-9,11-12H2,1-2H3/t13-/m1/s1. The predicted molar refractivity (Wildman–Crippen MR) is 84.4 cm³/mol. The van der Waals surface area contributed by atoms with Crippen LogP contribution in [-0.2, 0) is 11.3 Å². The van der Waals surface area contributed by atoms with Gasteiger partial charge in [-0.3, -0.25) is 9.59 Å². The molecule has 0 unspecified atom stereocenters. The number of aliphatic hydroxyl groups excluding tert-OH is 1. The number of rotatable bonds is 6. The Bertz CT molecular complexity index is 542. The van der Waals surface area contributed by atoms with E-state index in [2.05, 4.69) is 0 Å². The molecule has 0 radical (unpaired) electrons. The topological polar surface area (TPSA) is 60.9 Å². The number of likely N-dealkylation sites (tertiary alicyclic amines) is 1. The molecule has 0 spiro atoms. The third kappa shape index (κ3) is 4.07. The number of hydrogen-bond acceptors (Lipinski definition) is 3. The van der Waals surface area contributed by atoms with E-state index in [1.165, 1.54) is 0 Å². The lowest BCUT2D eigenvalue weighted by molar-refractivity contribution is -0.128. The molecule has 1 atom stereocenters. The van der Waals surface area contributed by atoms with Gasteiger partial charge in [-0.25, -0.2) is 0 Å². The molecule has 5 heteroatoms. The molecular formula is C17H24N2O3. The minimum absolute atomic E-state index is 0.0852. The Morgan fingerprint density at radius 1 is 1.45 bits per heavy atom. The first-order valence-electron chi connectivity index (χ1n) is 7.85. The summed E-state index contributed by atoms with van der Waals surface area (Å²) < 4.78 is 0. The summed E-state index contributed by atoms with van der Waals surface area (Å²) >= 11 is 0. The molecule has 1 heterocycles. The molecule has 1 aromatic rings. The van der Waals surface area contributed by atoms with Gasteiger partial charge < -0.3 is 14.9 Å². The van der Waals surface area contributed by atoms with Crippen LogP contribution >= 0.6 is 0 Å². The first-order chi connectivity index (χ1) is 10.5. The quantitative estimate of drug-likeness (QED) is 0.869. The van der Waals surface area contributed by atoms with E-state index < -0.39 is 6.10 Å². The van der Waals surface area contributed by atoms with Crippen LogP contribution in [0.25, 0.3) is 0 Å². The maximum absolute atomic E-state index is 12.5. The fourth-order valence-electron chi connectivity index (χ4n) is 2.75. The SMILES string of the molecule is CCN(C[C@@H](C)O)C(=O)c1cccc(CN2CCCC2=O)c1. The van der Waals surface area contributed by atoms with E-state index in [1.807, 2.05) is 30.0 Å². The third-order valence-electron chi connectivity index (χ3n) is 3.87. The van der Waals surface area contributed by atoms with Crippen molar-refractivity contribution in [3.8, 4) is 0 Å². The van der Waals surface area contributed by atoms with Crippen LogP contribution in [0, 0.1) is 0 Å². The maximum atomic E-state index is 12.5. The van der Waals surface area contributed by atoms with Crippen LogP contribution in [0.3, 0.4) is 0 Å². The fourth-order valence-corrected chi connectivity index (χ4v) is 2.75. The highest BCUT2D eigenvalue weighted by atomic mass is 16.3. The molecule has 2 rings (SSSR count). The molecule has 1 saturated heterocycles. The molecule has 120 valence electrons.